The average molecular weight is 534 g/mol. The second-order valence-corrected chi connectivity index (χ2v) is 11.3. The number of nitrogens with zero attached hydrogens (tertiary/aromatic N) is 2. The number of ether oxygens (including phenoxy) is 1. The molecule has 3 unspecified atom stereocenters. The maximum atomic E-state index is 11.9. The first-order valence-corrected chi connectivity index (χ1v) is 12.5. The normalized spacial score (nSPS) is 29.6. The van der Waals surface area contributed by atoms with Gasteiger partial charge in [-0.3, -0.25) is 18.2 Å². The molecule has 0 spiro atoms. The summed E-state index contributed by atoms with van der Waals surface area (Å²) in [5, 5.41) is 10.2. The van der Waals surface area contributed by atoms with Crippen LogP contribution < -0.4 is 21.2 Å². The van der Waals surface area contributed by atoms with Gasteiger partial charge in [0, 0.05) is 6.20 Å². The molecule has 16 nitrogen and oxygen atoms in total. The van der Waals surface area contributed by atoms with Crippen molar-refractivity contribution < 1.29 is 56.3 Å². The summed E-state index contributed by atoms with van der Waals surface area (Å²) in [6.07, 6.45) is -3.97. The molecule has 1 fully saturated rings. The minimum Gasteiger partial charge on any atom is -0.756 e. The molecule has 1 saturated heterocycles. The summed E-state index contributed by atoms with van der Waals surface area (Å²) in [5.74, 6) is -0.141. The lowest BCUT2D eigenvalue weighted by molar-refractivity contribution is -0.236. The Labute approximate surface area is 176 Å². The van der Waals surface area contributed by atoms with Gasteiger partial charge in [0.25, 0.3) is 15.6 Å². The van der Waals surface area contributed by atoms with Crippen LogP contribution in [0.3, 0.4) is 0 Å². The van der Waals surface area contributed by atoms with Crippen LogP contribution in [0.4, 0.5) is 5.82 Å². The van der Waals surface area contributed by atoms with Crippen molar-refractivity contribution >= 4 is 52.5 Å². The molecule has 1 aliphatic heterocycles. The minimum absolute atomic E-state index is 0.141. The van der Waals surface area contributed by atoms with Crippen LogP contribution in [0, 0.1) is 0 Å². The summed E-state index contributed by atoms with van der Waals surface area (Å²) < 4.78 is 48.0. The molecule has 1 aliphatic rings. The van der Waals surface area contributed by atoms with E-state index in [2.05, 4.69) is 18.1 Å². The number of aliphatic hydroxyl groups is 1. The zero-order valence-corrected chi connectivity index (χ0v) is 18.3. The number of hydrogen-bond donors (Lipinski definition) is 4. The first-order chi connectivity index (χ1) is 13.4. The highest BCUT2D eigenvalue weighted by Gasteiger charge is 2.56. The Balaban J connectivity index is 2.12. The number of aromatic nitrogens is 2. The molecular formula is C9H12Cl2N3O13P3-2. The van der Waals surface area contributed by atoms with Gasteiger partial charge in [-0.2, -0.15) is 4.98 Å². The van der Waals surface area contributed by atoms with Crippen molar-refractivity contribution in [2.45, 2.75) is 22.8 Å². The lowest BCUT2D eigenvalue weighted by atomic mass is 10.2. The number of rotatable bonds is 8. The van der Waals surface area contributed by atoms with Crippen LogP contribution >= 0.6 is 46.7 Å². The molecule has 172 valence electrons. The monoisotopic (exact) mass is 533 g/mol. The molecule has 0 saturated carbocycles. The van der Waals surface area contributed by atoms with Crippen LogP contribution in [-0.4, -0.2) is 47.6 Å². The predicted molar refractivity (Wildman–Crippen MR) is 92.6 cm³/mol. The number of halogens is 2. The van der Waals surface area contributed by atoms with Crippen molar-refractivity contribution in [2.75, 3.05) is 12.3 Å². The van der Waals surface area contributed by atoms with Gasteiger partial charge in [0.2, 0.25) is 0 Å². The first-order valence-electron chi connectivity index (χ1n) is 7.24. The summed E-state index contributed by atoms with van der Waals surface area (Å²) in [5.41, 5.74) is 4.38. The summed E-state index contributed by atoms with van der Waals surface area (Å²) in [6, 6.07) is 1.18. The maximum absolute atomic E-state index is 11.9. The number of hydrogen-bond acceptors (Lipinski definition) is 13. The molecule has 30 heavy (non-hydrogen) atoms. The molecule has 5 N–H and O–H groups in total. The third kappa shape index (κ3) is 6.55. The van der Waals surface area contributed by atoms with Crippen LogP contribution in [-0.2, 0) is 31.6 Å². The standard InChI is InChI=1S/C9H14Cl2N3O13P3/c10-9(11)6(15)4(25-7(9)14-2-1-5(12)13-8(14)16)3-24-29(20,21)27-30(22,23)26-28(17,18)19/h1-2,4,6-7,15H,3H2,(H,20,21)(H,22,23)(H2,12,13,16)(H2,17,18,19)/p-2/t4-,6-,7-/m1/s1. The van der Waals surface area contributed by atoms with Gasteiger partial charge in [-0.15, -0.1) is 0 Å². The molecule has 0 aromatic carbocycles. The average Bonchev–Trinajstić information content (AvgIpc) is 2.73. The van der Waals surface area contributed by atoms with E-state index >= 15 is 0 Å². The molecule has 21 heteroatoms. The molecule has 2 heterocycles. The molecule has 1 aromatic heterocycles. The Morgan fingerprint density at radius 2 is 1.90 bits per heavy atom. The molecule has 2 rings (SSSR count). The third-order valence-electron chi connectivity index (χ3n) is 3.29. The second kappa shape index (κ2) is 8.85. The van der Waals surface area contributed by atoms with E-state index in [-0.39, 0.29) is 5.82 Å². The summed E-state index contributed by atoms with van der Waals surface area (Å²) in [7, 11) is -17.5. The van der Waals surface area contributed by atoms with E-state index < -0.39 is 58.5 Å². The van der Waals surface area contributed by atoms with Crippen molar-refractivity contribution in [3.05, 3.63) is 22.7 Å². The number of nitrogen functional groups attached to an aromatic ring is 1. The number of phosphoric acid groups is 3. The summed E-state index contributed by atoms with van der Waals surface area (Å²) in [6.45, 7) is -1.09. The van der Waals surface area contributed by atoms with E-state index in [1.54, 1.807) is 0 Å². The number of nitrogens with two attached hydrogens (primary N) is 1. The lowest BCUT2D eigenvalue weighted by Crippen LogP contribution is -2.40. The van der Waals surface area contributed by atoms with Crippen LogP contribution in [0.25, 0.3) is 0 Å². The van der Waals surface area contributed by atoms with Gasteiger partial charge >= 0.3 is 13.5 Å². The largest absolute Gasteiger partial charge is 0.756 e. The fraction of sp³-hybridized carbons (Fsp3) is 0.556. The van der Waals surface area contributed by atoms with Crippen LogP contribution in [0.15, 0.2) is 17.1 Å². The SMILES string of the molecule is Nc1ccn([C@@H]2O[C@H](COP(=O)(O)OP(=O)([O-])OP(=O)([O-])O)[C@@H](O)C2(Cl)Cl)c(=O)n1. The van der Waals surface area contributed by atoms with E-state index in [9.17, 15) is 38.3 Å². The molecule has 6 atom stereocenters. The molecule has 0 bridgehead atoms. The quantitative estimate of drug-likeness (QED) is 0.215. The van der Waals surface area contributed by atoms with Crippen molar-refractivity contribution in [3.63, 3.8) is 0 Å². The molecular weight excluding hydrogens is 522 g/mol. The highest BCUT2D eigenvalue weighted by Crippen LogP contribution is 2.63. The fourth-order valence-corrected chi connectivity index (χ4v) is 5.70. The maximum Gasteiger partial charge on any atom is 0.478 e. The zero-order valence-electron chi connectivity index (χ0n) is 14.1. The molecule has 0 amide bonds. The van der Waals surface area contributed by atoms with Crippen LogP contribution in [0.5, 0.6) is 0 Å². The Morgan fingerprint density at radius 3 is 2.43 bits per heavy atom. The van der Waals surface area contributed by atoms with E-state index in [1.165, 1.54) is 6.07 Å². The number of anilines is 1. The number of alkyl halides is 2. The topological polar surface area (TPSA) is 256 Å². The molecule has 1 aromatic rings. The van der Waals surface area contributed by atoms with E-state index in [4.69, 9.17) is 38.6 Å². The Hall–Kier alpha value is -0.410. The van der Waals surface area contributed by atoms with Gasteiger partial charge in [0.1, 0.15) is 18.0 Å². The van der Waals surface area contributed by atoms with Gasteiger partial charge in [-0.25, -0.2) is 18.0 Å². The van der Waals surface area contributed by atoms with Crippen LogP contribution in [0.1, 0.15) is 6.23 Å². The van der Waals surface area contributed by atoms with Gasteiger partial charge < -0.3 is 35.2 Å². The number of aliphatic hydroxyl groups excluding tert-OH is 1. The van der Waals surface area contributed by atoms with Gasteiger partial charge in [0.05, 0.1) is 6.61 Å². The van der Waals surface area contributed by atoms with Gasteiger partial charge in [-0.1, -0.05) is 23.2 Å². The highest BCUT2D eigenvalue weighted by molar-refractivity contribution is 7.65. The third-order valence-corrected chi connectivity index (χ3v) is 7.84. The number of phosphoric ester groups is 1. The minimum atomic E-state index is -6.04. The lowest BCUT2D eigenvalue weighted by Gasteiger charge is -2.28. The van der Waals surface area contributed by atoms with E-state index in [0.717, 1.165) is 10.8 Å². The zero-order chi connectivity index (χ0) is 23.1. The second-order valence-electron chi connectivity index (χ2n) is 5.53. The Bertz CT molecular complexity index is 998. The smallest absolute Gasteiger partial charge is 0.478 e. The Kier molecular flexibility index (Phi) is 7.62. The molecule has 0 radical (unpaired) electrons. The summed E-state index contributed by atoms with van der Waals surface area (Å²) in [4.78, 5) is 54.6. The first kappa shape index (κ1) is 25.8. The highest BCUT2D eigenvalue weighted by atomic mass is 35.5. The van der Waals surface area contributed by atoms with Crippen molar-refractivity contribution in [2.24, 2.45) is 0 Å². The Morgan fingerprint density at radius 1 is 1.30 bits per heavy atom. The van der Waals surface area contributed by atoms with Gasteiger partial charge in [-0.05, 0) is 6.07 Å². The van der Waals surface area contributed by atoms with Crippen LogP contribution in [0.2, 0.25) is 0 Å². The van der Waals surface area contributed by atoms with Crippen molar-refractivity contribution in [1.82, 2.24) is 9.55 Å². The predicted octanol–water partition coefficient (Wildman–Crippen LogP) is -1.66. The van der Waals surface area contributed by atoms with E-state index in [0.29, 0.717) is 0 Å². The van der Waals surface area contributed by atoms with Crippen molar-refractivity contribution in [1.29, 1.82) is 0 Å². The molecule has 0 aliphatic carbocycles. The fourth-order valence-electron chi connectivity index (χ4n) is 2.17. The van der Waals surface area contributed by atoms with Crippen molar-refractivity contribution in [3.8, 4) is 0 Å². The van der Waals surface area contributed by atoms with E-state index in [1.807, 2.05) is 0 Å². The van der Waals surface area contributed by atoms with Gasteiger partial charge in [0.15, 0.2) is 10.6 Å². The summed E-state index contributed by atoms with van der Waals surface area (Å²) >= 11 is 12.0.